The first-order chi connectivity index (χ1) is 6.74. The summed E-state index contributed by atoms with van der Waals surface area (Å²) in [5.74, 6) is 5.84. The van der Waals surface area contributed by atoms with E-state index in [1.807, 2.05) is 0 Å². The van der Waals surface area contributed by atoms with Crippen LogP contribution in [0.3, 0.4) is 0 Å². The predicted molar refractivity (Wildman–Crippen MR) is 50.5 cm³/mol. The third kappa shape index (κ3) is 2.92. The summed E-state index contributed by atoms with van der Waals surface area (Å²) in [6.07, 6.45) is 0. The Hall–Kier alpha value is -1.80. The van der Waals surface area contributed by atoms with Crippen molar-refractivity contribution in [2.45, 2.75) is 13.5 Å². The first kappa shape index (κ1) is 10.3. The van der Waals surface area contributed by atoms with Crippen LogP contribution in [0.4, 0.5) is 5.88 Å². The number of rotatable bonds is 4. The Kier molecular flexibility index (Phi) is 3.70. The lowest BCUT2D eigenvalue weighted by molar-refractivity contribution is -0.402. The third-order valence-corrected chi connectivity index (χ3v) is 1.52. The van der Waals surface area contributed by atoms with Gasteiger partial charge in [0, 0.05) is 0 Å². The fourth-order valence-corrected chi connectivity index (χ4v) is 0.896. The Bertz CT molecular complexity index is 373. The molecule has 0 aliphatic carbocycles. The van der Waals surface area contributed by atoms with Crippen LogP contribution in [0, 0.1) is 22.0 Å². The summed E-state index contributed by atoms with van der Waals surface area (Å²) in [4.78, 5) is 9.70. The minimum atomic E-state index is -0.560. The molecule has 1 aromatic rings. The van der Waals surface area contributed by atoms with Crippen LogP contribution in [0.2, 0.25) is 0 Å². The normalized spacial score (nSPS) is 9.21. The van der Waals surface area contributed by atoms with E-state index in [1.165, 1.54) is 6.07 Å². The first-order valence-electron chi connectivity index (χ1n) is 4.07. The zero-order valence-electron chi connectivity index (χ0n) is 7.74. The minimum absolute atomic E-state index is 0.233. The fourth-order valence-electron chi connectivity index (χ4n) is 0.896. The highest BCUT2D eigenvalue weighted by Gasteiger charge is 2.10. The maximum Gasteiger partial charge on any atom is 0.433 e. The first-order valence-corrected chi connectivity index (χ1v) is 4.07. The highest BCUT2D eigenvalue weighted by atomic mass is 16.6. The lowest BCUT2D eigenvalue weighted by atomic mass is 10.4. The van der Waals surface area contributed by atoms with E-state index in [1.54, 1.807) is 13.0 Å². The van der Waals surface area contributed by atoms with Gasteiger partial charge in [0.25, 0.3) is 0 Å². The third-order valence-electron chi connectivity index (χ3n) is 1.52. The van der Waals surface area contributed by atoms with Crippen molar-refractivity contribution < 1.29 is 9.34 Å². The highest BCUT2D eigenvalue weighted by molar-refractivity contribution is 5.17. The van der Waals surface area contributed by atoms with Crippen LogP contribution < -0.4 is 5.32 Å². The summed E-state index contributed by atoms with van der Waals surface area (Å²) in [7, 11) is 0. The molecule has 0 saturated heterocycles. The van der Waals surface area contributed by atoms with Crippen molar-refractivity contribution in [3.8, 4) is 11.8 Å². The molecule has 0 atom stereocenters. The van der Waals surface area contributed by atoms with Crippen molar-refractivity contribution in [3.63, 3.8) is 0 Å². The van der Waals surface area contributed by atoms with E-state index in [0.29, 0.717) is 18.8 Å². The van der Waals surface area contributed by atoms with E-state index in [9.17, 15) is 10.1 Å². The largest absolute Gasteiger partial charge is 0.433 e. The molecule has 14 heavy (non-hydrogen) atoms. The standard InChI is InChI=1S/C9H10N2O3/c1-2-3-6-10-7-8-4-5-9(14-8)11(12)13/h4-5,10H,6-7H2,1H3. The maximum atomic E-state index is 10.3. The number of hydrogen-bond donors (Lipinski definition) is 1. The number of nitrogens with one attached hydrogen (secondary N) is 1. The predicted octanol–water partition coefficient (Wildman–Crippen LogP) is 1.30. The van der Waals surface area contributed by atoms with Crippen molar-refractivity contribution in [1.82, 2.24) is 5.32 Å². The van der Waals surface area contributed by atoms with E-state index in [-0.39, 0.29) is 5.88 Å². The second kappa shape index (κ2) is 5.04. The summed E-state index contributed by atoms with van der Waals surface area (Å²) in [6.45, 7) is 2.74. The molecule has 74 valence electrons. The summed E-state index contributed by atoms with van der Waals surface area (Å²) in [5, 5.41) is 13.2. The Balaban J connectivity index is 2.42. The number of nitro groups is 1. The van der Waals surface area contributed by atoms with Crippen LogP contribution in [-0.2, 0) is 6.54 Å². The summed E-state index contributed by atoms with van der Waals surface area (Å²) in [5.41, 5.74) is 0. The monoisotopic (exact) mass is 194 g/mol. The smallest absolute Gasteiger partial charge is 0.404 e. The van der Waals surface area contributed by atoms with Gasteiger partial charge in [-0.3, -0.25) is 15.4 Å². The van der Waals surface area contributed by atoms with Crippen LogP contribution in [0.25, 0.3) is 0 Å². The molecule has 1 heterocycles. The van der Waals surface area contributed by atoms with Gasteiger partial charge in [0.05, 0.1) is 19.2 Å². The van der Waals surface area contributed by atoms with E-state index < -0.39 is 4.92 Å². The highest BCUT2D eigenvalue weighted by Crippen LogP contribution is 2.14. The van der Waals surface area contributed by atoms with Crippen LogP contribution in [0.15, 0.2) is 16.5 Å². The van der Waals surface area contributed by atoms with Gasteiger partial charge in [0.15, 0.2) is 0 Å². The molecule has 0 unspecified atom stereocenters. The Morgan fingerprint density at radius 2 is 2.43 bits per heavy atom. The van der Waals surface area contributed by atoms with Gasteiger partial charge in [0.1, 0.15) is 10.7 Å². The zero-order valence-corrected chi connectivity index (χ0v) is 7.74. The average Bonchev–Trinajstić information content (AvgIpc) is 2.61. The van der Waals surface area contributed by atoms with Gasteiger partial charge < -0.3 is 4.42 Å². The van der Waals surface area contributed by atoms with Crippen molar-refractivity contribution in [1.29, 1.82) is 0 Å². The van der Waals surface area contributed by atoms with Crippen molar-refractivity contribution in [3.05, 3.63) is 28.0 Å². The summed E-state index contributed by atoms with van der Waals surface area (Å²) < 4.78 is 4.92. The Morgan fingerprint density at radius 3 is 3.00 bits per heavy atom. The van der Waals surface area contributed by atoms with Gasteiger partial charge in [-0.1, -0.05) is 5.92 Å². The molecule has 0 bridgehead atoms. The average molecular weight is 194 g/mol. The lowest BCUT2D eigenvalue weighted by Gasteiger charge is -1.94. The van der Waals surface area contributed by atoms with Crippen LogP contribution in [0.1, 0.15) is 12.7 Å². The van der Waals surface area contributed by atoms with Gasteiger partial charge >= 0.3 is 5.88 Å². The van der Waals surface area contributed by atoms with Crippen molar-refractivity contribution in [2.75, 3.05) is 6.54 Å². The molecule has 0 radical (unpaired) electrons. The van der Waals surface area contributed by atoms with Gasteiger partial charge in [-0.25, -0.2) is 0 Å². The van der Waals surface area contributed by atoms with Crippen LogP contribution in [-0.4, -0.2) is 11.5 Å². The van der Waals surface area contributed by atoms with Gasteiger partial charge in [-0.15, -0.1) is 5.92 Å². The van der Waals surface area contributed by atoms with Crippen LogP contribution in [0.5, 0.6) is 0 Å². The van der Waals surface area contributed by atoms with Crippen molar-refractivity contribution >= 4 is 5.88 Å². The molecule has 1 aromatic heterocycles. The Morgan fingerprint density at radius 1 is 1.64 bits per heavy atom. The van der Waals surface area contributed by atoms with E-state index in [4.69, 9.17) is 4.42 Å². The summed E-state index contributed by atoms with van der Waals surface area (Å²) in [6, 6.07) is 2.91. The molecule has 0 fully saturated rings. The number of nitrogens with zero attached hydrogens (tertiary/aromatic N) is 1. The topological polar surface area (TPSA) is 68.3 Å². The lowest BCUT2D eigenvalue weighted by Crippen LogP contribution is -2.12. The molecule has 0 saturated carbocycles. The molecule has 5 nitrogen and oxygen atoms in total. The molecule has 1 N–H and O–H groups in total. The van der Waals surface area contributed by atoms with Gasteiger partial charge in [0.2, 0.25) is 0 Å². The number of hydrogen-bond acceptors (Lipinski definition) is 4. The van der Waals surface area contributed by atoms with Gasteiger partial charge in [-0.2, -0.15) is 0 Å². The van der Waals surface area contributed by atoms with Gasteiger partial charge in [-0.05, 0) is 13.0 Å². The number of furan rings is 1. The van der Waals surface area contributed by atoms with E-state index >= 15 is 0 Å². The molecule has 0 spiro atoms. The molecule has 5 heteroatoms. The van der Waals surface area contributed by atoms with E-state index in [2.05, 4.69) is 17.2 Å². The quantitative estimate of drug-likeness (QED) is 0.339. The second-order valence-corrected chi connectivity index (χ2v) is 2.53. The molecular formula is C9H10N2O3. The molecular weight excluding hydrogens is 184 g/mol. The second-order valence-electron chi connectivity index (χ2n) is 2.53. The van der Waals surface area contributed by atoms with E-state index in [0.717, 1.165) is 0 Å². The molecule has 0 aromatic carbocycles. The molecule has 0 aliphatic heterocycles. The van der Waals surface area contributed by atoms with Crippen molar-refractivity contribution in [2.24, 2.45) is 0 Å². The Labute approximate surface area is 81.3 Å². The summed E-state index contributed by atoms with van der Waals surface area (Å²) >= 11 is 0. The molecule has 0 amide bonds. The minimum Gasteiger partial charge on any atom is -0.404 e. The zero-order chi connectivity index (χ0) is 10.4. The SMILES string of the molecule is CC#CCNCc1ccc([N+](=O)[O-])o1. The maximum absolute atomic E-state index is 10.3. The van der Waals surface area contributed by atoms with Crippen LogP contribution >= 0.6 is 0 Å². The molecule has 1 rings (SSSR count). The molecule has 0 aliphatic rings. The fraction of sp³-hybridized carbons (Fsp3) is 0.333.